The highest BCUT2D eigenvalue weighted by molar-refractivity contribution is 7.87. The summed E-state index contributed by atoms with van der Waals surface area (Å²) in [6.45, 7) is 2.96. The lowest BCUT2D eigenvalue weighted by Gasteiger charge is -2.33. The van der Waals surface area contributed by atoms with Crippen molar-refractivity contribution in [3.05, 3.63) is 54.0 Å². The van der Waals surface area contributed by atoms with Crippen LogP contribution in [0.3, 0.4) is 0 Å². The maximum Gasteiger partial charge on any atom is 0.409 e. The second-order valence-corrected chi connectivity index (χ2v) is 8.23. The molecule has 30 heavy (non-hydrogen) atoms. The van der Waals surface area contributed by atoms with Crippen LogP contribution in [0.25, 0.3) is 0 Å². The molecule has 11 heteroatoms. The molecule has 1 aromatic heterocycles. The first-order valence-corrected chi connectivity index (χ1v) is 10.9. The lowest BCUT2D eigenvalue weighted by atomic mass is 10.3. The zero-order valence-corrected chi connectivity index (χ0v) is 17.3. The summed E-state index contributed by atoms with van der Waals surface area (Å²) in [5, 5.41) is 0. The fourth-order valence-corrected chi connectivity index (χ4v) is 3.99. The minimum Gasteiger partial charge on any atom is -0.450 e. The van der Waals surface area contributed by atoms with Crippen LogP contribution in [0.4, 0.5) is 9.18 Å². The molecule has 162 valence electrons. The highest BCUT2D eigenvalue weighted by atomic mass is 32.2. The Morgan fingerprint density at radius 2 is 1.97 bits per heavy atom. The zero-order valence-electron chi connectivity index (χ0n) is 16.5. The number of nitrogens with one attached hydrogen (secondary N) is 1. The smallest absolute Gasteiger partial charge is 0.409 e. The quantitative estimate of drug-likeness (QED) is 0.711. The molecule has 1 amide bonds. The van der Waals surface area contributed by atoms with Crippen LogP contribution in [0.2, 0.25) is 0 Å². The Labute approximate surface area is 174 Å². The van der Waals surface area contributed by atoms with Gasteiger partial charge in [0.25, 0.3) is 10.2 Å². The summed E-state index contributed by atoms with van der Waals surface area (Å²) >= 11 is 0. The van der Waals surface area contributed by atoms with E-state index in [1.54, 1.807) is 25.1 Å². The predicted molar refractivity (Wildman–Crippen MR) is 107 cm³/mol. The number of aromatic nitrogens is 1. The van der Waals surface area contributed by atoms with E-state index in [4.69, 9.17) is 9.47 Å². The highest BCUT2D eigenvalue weighted by Gasteiger charge is 2.29. The van der Waals surface area contributed by atoms with Crippen LogP contribution in [0.1, 0.15) is 12.5 Å². The fraction of sp³-hybridized carbons (Fsp3) is 0.368. The van der Waals surface area contributed by atoms with Crippen molar-refractivity contribution < 1.29 is 27.1 Å². The van der Waals surface area contributed by atoms with Gasteiger partial charge in [-0.3, -0.25) is 0 Å². The lowest BCUT2D eigenvalue weighted by Crippen LogP contribution is -2.53. The molecular weight excluding hydrogens is 415 g/mol. The molecule has 2 heterocycles. The first kappa shape index (κ1) is 21.9. The molecule has 1 aromatic carbocycles. The summed E-state index contributed by atoms with van der Waals surface area (Å²) in [4.78, 5) is 17.3. The SMILES string of the molecule is CCOC(=O)N1CCN(S(=O)(=O)NCc2ccc(Oc3cccc(F)c3)nc2)CC1. The molecule has 0 aliphatic carbocycles. The monoisotopic (exact) mass is 438 g/mol. The van der Waals surface area contributed by atoms with Crippen LogP contribution >= 0.6 is 0 Å². The van der Waals surface area contributed by atoms with E-state index in [2.05, 4.69) is 9.71 Å². The first-order valence-electron chi connectivity index (χ1n) is 9.42. The Morgan fingerprint density at radius 1 is 1.20 bits per heavy atom. The molecule has 1 saturated heterocycles. The van der Waals surface area contributed by atoms with E-state index in [0.29, 0.717) is 11.3 Å². The van der Waals surface area contributed by atoms with E-state index < -0.39 is 22.1 Å². The van der Waals surface area contributed by atoms with Gasteiger partial charge in [-0.05, 0) is 24.6 Å². The van der Waals surface area contributed by atoms with Crippen molar-refractivity contribution in [2.45, 2.75) is 13.5 Å². The Hall–Kier alpha value is -2.76. The van der Waals surface area contributed by atoms with E-state index in [0.717, 1.165) is 0 Å². The molecule has 0 atom stereocenters. The predicted octanol–water partition coefficient (Wildman–Crippen LogP) is 2.12. The second-order valence-electron chi connectivity index (χ2n) is 6.48. The Bertz CT molecular complexity index is 963. The third kappa shape index (κ3) is 5.88. The number of piperazine rings is 1. The molecule has 1 N–H and O–H groups in total. The summed E-state index contributed by atoms with van der Waals surface area (Å²) in [5.41, 5.74) is 0.635. The van der Waals surface area contributed by atoms with E-state index in [9.17, 15) is 17.6 Å². The largest absolute Gasteiger partial charge is 0.450 e. The molecule has 0 unspecified atom stereocenters. The van der Waals surface area contributed by atoms with Gasteiger partial charge in [-0.2, -0.15) is 17.4 Å². The number of rotatable bonds is 7. The van der Waals surface area contributed by atoms with Gasteiger partial charge in [0.1, 0.15) is 11.6 Å². The van der Waals surface area contributed by atoms with E-state index in [1.807, 2.05) is 0 Å². The second kappa shape index (κ2) is 9.83. The van der Waals surface area contributed by atoms with Crippen LogP contribution < -0.4 is 9.46 Å². The highest BCUT2D eigenvalue weighted by Crippen LogP contribution is 2.20. The number of halogens is 1. The molecule has 0 spiro atoms. The number of hydrogen-bond donors (Lipinski definition) is 1. The fourth-order valence-electron chi connectivity index (χ4n) is 2.82. The van der Waals surface area contributed by atoms with Gasteiger partial charge in [0, 0.05) is 51.1 Å². The van der Waals surface area contributed by atoms with Gasteiger partial charge in [0.2, 0.25) is 5.88 Å². The molecule has 9 nitrogen and oxygen atoms in total. The summed E-state index contributed by atoms with van der Waals surface area (Å²) < 4.78 is 52.4. The van der Waals surface area contributed by atoms with E-state index in [-0.39, 0.29) is 45.2 Å². The number of carbonyl (C=O) groups excluding carboxylic acids is 1. The van der Waals surface area contributed by atoms with Gasteiger partial charge >= 0.3 is 6.09 Å². The topological polar surface area (TPSA) is 101 Å². The van der Waals surface area contributed by atoms with Crippen LogP contribution in [0.15, 0.2) is 42.6 Å². The molecular formula is C19H23FN4O5S. The van der Waals surface area contributed by atoms with Crippen molar-refractivity contribution >= 4 is 16.3 Å². The van der Waals surface area contributed by atoms with Gasteiger partial charge in [-0.1, -0.05) is 12.1 Å². The van der Waals surface area contributed by atoms with Crippen LogP contribution in [0.5, 0.6) is 11.6 Å². The Balaban J connectivity index is 1.50. The van der Waals surface area contributed by atoms with Crippen LogP contribution in [-0.4, -0.2) is 61.5 Å². The molecule has 3 rings (SSSR count). The molecule has 1 aliphatic heterocycles. The normalized spacial score (nSPS) is 15.1. The van der Waals surface area contributed by atoms with Gasteiger partial charge in [-0.25, -0.2) is 14.2 Å². The van der Waals surface area contributed by atoms with Crippen molar-refractivity contribution in [1.82, 2.24) is 18.9 Å². The van der Waals surface area contributed by atoms with Gasteiger partial charge < -0.3 is 14.4 Å². The summed E-state index contributed by atoms with van der Waals surface area (Å²) in [6.07, 6.45) is 1.05. The molecule has 0 radical (unpaired) electrons. The molecule has 1 aliphatic rings. The van der Waals surface area contributed by atoms with Gasteiger partial charge in [0.05, 0.1) is 6.61 Å². The van der Waals surface area contributed by atoms with E-state index >= 15 is 0 Å². The molecule has 0 saturated carbocycles. The molecule has 2 aromatic rings. The zero-order chi connectivity index (χ0) is 21.6. The molecule has 1 fully saturated rings. The lowest BCUT2D eigenvalue weighted by molar-refractivity contribution is 0.0932. The van der Waals surface area contributed by atoms with Crippen LogP contribution in [-0.2, 0) is 21.5 Å². The average molecular weight is 438 g/mol. The van der Waals surface area contributed by atoms with Crippen molar-refractivity contribution in [3.63, 3.8) is 0 Å². The number of benzene rings is 1. The summed E-state index contributed by atoms with van der Waals surface area (Å²) in [5.74, 6) is 0.168. The average Bonchev–Trinajstić information content (AvgIpc) is 2.74. The van der Waals surface area contributed by atoms with Crippen molar-refractivity contribution in [1.29, 1.82) is 0 Å². The van der Waals surface area contributed by atoms with Crippen molar-refractivity contribution in [2.24, 2.45) is 0 Å². The number of pyridine rings is 1. The van der Waals surface area contributed by atoms with Crippen molar-refractivity contribution in [3.8, 4) is 11.6 Å². The number of hydrogen-bond acceptors (Lipinski definition) is 6. The number of ether oxygens (including phenoxy) is 2. The number of carbonyl (C=O) groups is 1. The first-order chi connectivity index (χ1) is 14.4. The van der Waals surface area contributed by atoms with E-state index in [1.165, 1.54) is 33.6 Å². The van der Waals surface area contributed by atoms with Crippen molar-refractivity contribution in [2.75, 3.05) is 32.8 Å². The summed E-state index contributed by atoms with van der Waals surface area (Å²) in [7, 11) is -3.70. The van der Waals surface area contributed by atoms with Gasteiger partial charge in [0.15, 0.2) is 0 Å². The minimum atomic E-state index is -3.70. The third-order valence-corrected chi connectivity index (χ3v) is 5.93. The number of amides is 1. The van der Waals surface area contributed by atoms with Crippen LogP contribution in [0, 0.1) is 5.82 Å². The number of nitrogens with zero attached hydrogens (tertiary/aromatic N) is 3. The minimum absolute atomic E-state index is 0.0493. The summed E-state index contributed by atoms with van der Waals surface area (Å²) in [6, 6.07) is 8.93. The Morgan fingerprint density at radius 3 is 2.60 bits per heavy atom. The maximum atomic E-state index is 13.2. The third-order valence-electron chi connectivity index (χ3n) is 4.38. The molecule has 0 bridgehead atoms. The van der Waals surface area contributed by atoms with Gasteiger partial charge in [-0.15, -0.1) is 0 Å². The standard InChI is InChI=1S/C19H23FN4O5S/c1-2-28-19(25)23-8-10-24(11-9-23)30(26,27)22-14-15-6-7-18(21-13-15)29-17-5-3-4-16(20)12-17/h3-7,12-13,22H,2,8-11,14H2,1H3. The maximum absolute atomic E-state index is 13.2. The Kier molecular flexibility index (Phi) is 7.19.